The zero-order valence-electron chi connectivity index (χ0n) is 14.5. The van der Waals surface area contributed by atoms with Crippen molar-refractivity contribution in [1.29, 1.82) is 0 Å². The SMILES string of the molecule is Cc1cc(C)c(C(=O)C(C)OC(=O)c2ccccc2[N+](=O)[O-])cc1C. The van der Waals surface area contributed by atoms with Gasteiger partial charge in [-0.25, -0.2) is 4.79 Å². The molecule has 0 fully saturated rings. The van der Waals surface area contributed by atoms with Gasteiger partial charge in [0.1, 0.15) is 5.56 Å². The van der Waals surface area contributed by atoms with Gasteiger partial charge in [-0.2, -0.15) is 0 Å². The Bertz CT molecular complexity index is 857. The number of carbonyl (C=O) groups is 2. The predicted octanol–water partition coefficient (Wildman–Crippen LogP) is 3.95. The maximum absolute atomic E-state index is 12.6. The molecule has 2 rings (SSSR count). The molecule has 0 amide bonds. The molecule has 0 bridgehead atoms. The van der Waals surface area contributed by atoms with Gasteiger partial charge in [0.15, 0.2) is 6.10 Å². The van der Waals surface area contributed by atoms with Gasteiger partial charge in [-0.05, 0) is 56.5 Å². The molecule has 1 atom stereocenters. The lowest BCUT2D eigenvalue weighted by Gasteiger charge is -2.15. The molecular weight excluding hydrogens is 322 g/mol. The molecule has 6 heteroatoms. The first-order valence-corrected chi connectivity index (χ1v) is 7.78. The molecule has 0 radical (unpaired) electrons. The van der Waals surface area contributed by atoms with Gasteiger partial charge in [-0.1, -0.05) is 18.2 Å². The molecule has 0 aliphatic carbocycles. The Morgan fingerprint density at radius 2 is 1.60 bits per heavy atom. The number of esters is 1. The van der Waals surface area contributed by atoms with E-state index in [4.69, 9.17) is 4.74 Å². The fourth-order valence-electron chi connectivity index (χ4n) is 2.53. The second-order valence-corrected chi connectivity index (χ2v) is 5.94. The quantitative estimate of drug-likeness (QED) is 0.356. The van der Waals surface area contributed by atoms with E-state index in [9.17, 15) is 19.7 Å². The summed E-state index contributed by atoms with van der Waals surface area (Å²) in [6.07, 6.45) is -1.05. The molecule has 0 spiro atoms. The first-order valence-electron chi connectivity index (χ1n) is 7.78. The fourth-order valence-corrected chi connectivity index (χ4v) is 2.53. The second kappa shape index (κ2) is 7.25. The first-order chi connectivity index (χ1) is 11.7. The van der Waals surface area contributed by atoms with Crippen LogP contribution in [0.4, 0.5) is 5.69 Å². The van der Waals surface area contributed by atoms with E-state index in [1.165, 1.54) is 31.2 Å². The van der Waals surface area contributed by atoms with Crippen molar-refractivity contribution in [3.05, 3.63) is 74.3 Å². The van der Waals surface area contributed by atoms with Crippen LogP contribution in [0.3, 0.4) is 0 Å². The molecule has 130 valence electrons. The van der Waals surface area contributed by atoms with E-state index in [2.05, 4.69) is 0 Å². The molecule has 0 aliphatic heterocycles. The number of nitrogens with zero attached hydrogens (tertiary/aromatic N) is 1. The van der Waals surface area contributed by atoms with Crippen molar-refractivity contribution in [3.8, 4) is 0 Å². The number of ether oxygens (including phenoxy) is 1. The van der Waals surface area contributed by atoms with Gasteiger partial charge in [0.05, 0.1) is 4.92 Å². The van der Waals surface area contributed by atoms with E-state index in [0.29, 0.717) is 5.56 Å². The molecule has 0 heterocycles. The summed E-state index contributed by atoms with van der Waals surface area (Å²) in [6.45, 7) is 7.13. The third-order valence-corrected chi connectivity index (χ3v) is 4.08. The van der Waals surface area contributed by atoms with Gasteiger partial charge in [-0.15, -0.1) is 0 Å². The van der Waals surface area contributed by atoms with Crippen molar-refractivity contribution in [3.63, 3.8) is 0 Å². The molecule has 0 saturated carbocycles. The lowest BCUT2D eigenvalue weighted by molar-refractivity contribution is -0.385. The number of Topliss-reactive ketones (excluding diaryl/α,β-unsaturated/α-hetero) is 1. The van der Waals surface area contributed by atoms with E-state index < -0.39 is 17.0 Å². The summed E-state index contributed by atoms with van der Waals surface area (Å²) in [7, 11) is 0. The average molecular weight is 341 g/mol. The van der Waals surface area contributed by atoms with Crippen molar-refractivity contribution in [2.45, 2.75) is 33.8 Å². The minimum absolute atomic E-state index is 0.177. The number of nitro benzene ring substituents is 1. The van der Waals surface area contributed by atoms with Crippen molar-refractivity contribution in [1.82, 2.24) is 0 Å². The molecule has 0 saturated heterocycles. The lowest BCUT2D eigenvalue weighted by atomic mass is 9.96. The number of carbonyl (C=O) groups excluding carboxylic acids is 2. The summed E-state index contributed by atoms with van der Waals surface area (Å²) in [6, 6.07) is 9.16. The maximum Gasteiger partial charge on any atom is 0.345 e. The summed E-state index contributed by atoms with van der Waals surface area (Å²) < 4.78 is 5.18. The van der Waals surface area contributed by atoms with Crippen LogP contribution < -0.4 is 0 Å². The smallest absolute Gasteiger partial charge is 0.345 e. The third kappa shape index (κ3) is 3.91. The summed E-state index contributed by atoms with van der Waals surface area (Å²) in [5, 5.41) is 11.0. The van der Waals surface area contributed by atoms with Crippen molar-refractivity contribution in [2.75, 3.05) is 0 Å². The van der Waals surface area contributed by atoms with Crippen LogP contribution in [0.2, 0.25) is 0 Å². The van der Waals surface area contributed by atoms with E-state index >= 15 is 0 Å². The lowest BCUT2D eigenvalue weighted by Crippen LogP contribution is -2.25. The number of aryl methyl sites for hydroxylation is 3. The van der Waals surface area contributed by atoms with E-state index in [1.54, 1.807) is 6.07 Å². The standard InChI is InChI=1S/C19H19NO5/c1-11-9-13(3)16(10-12(11)2)18(21)14(4)25-19(22)15-7-5-6-8-17(15)20(23)24/h5-10,14H,1-4H3. The Hall–Kier alpha value is -3.02. The number of benzene rings is 2. The summed E-state index contributed by atoms with van der Waals surface area (Å²) >= 11 is 0. The van der Waals surface area contributed by atoms with E-state index in [0.717, 1.165) is 16.7 Å². The third-order valence-electron chi connectivity index (χ3n) is 4.08. The first kappa shape index (κ1) is 18.3. The van der Waals surface area contributed by atoms with Crippen molar-refractivity contribution in [2.24, 2.45) is 0 Å². The molecule has 0 aliphatic rings. The topological polar surface area (TPSA) is 86.5 Å². The van der Waals surface area contributed by atoms with Crippen LogP contribution in [-0.4, -0.2) is 22.8 Å². The van der Waals surface area contributed by atoms with Crippen LogP contribution in [0.25, 0.3) is 0 Å². The Morgan fingerprint density at radius 1 is 1.00 bits per heavy atom. The van der Waals surface area contributed by atoms with Crippen LogP contribution in [0.1, 0.15) is 44.3 Å². The molecule has 0 aromatic heterocycles. The van der Waals surface area contributed by atoms with Crippen LogP contribution >= 0.6 is 0 Å². The van der Waals surface area contributed by atoms with Gasteiger partial charge in [0, 0.05) is 11.6 Å². The molecule has 1 unspecified atom stereocenters. The Balaban J connectivity index is 2.24. The van der Waals surface area contributed by atoms with Crippen molar-refractivity contribution < 1.29 is 19.2 Å². The van der Waals surface area contributed by atoms with Crippen LogP contribution in [0, 0.1) is 30.9 Å². The predicted molar refractivity (Wildman–Crippen MR) is 93.0 cm³/mol. The molecular formula is C19H19NO5. The zero-order chi connectivity index (χ0) is 18.7. The molecule has 0 N–H and O–H groups in total. The van der Waals surface area contributed by atoms with E-state index in [-0.39, 0.29) is 17.0 Å². The van der Waals surface area contributed by atoms with Gasteiger partial charge in [0.25, 0.3) is 5.69 Å². The number of para-hydroxylation sites is 1. The fraction of sp³-hybridized carbons (Fsp3) is 0.263. The van der Waals surface area contributed by atoms with Gasteiger partial charge in [0.2, 0.25) is 5.78 Å². The van der Waals surface area contributed by atoms with Crippen molar-refractivity contribution >= 4 is 17.4 Å². The zero-order valence-corrected chi connectivity index (χ0v) is 14.5. The molecule has 25 heavy (non-hydrogen) atoms. The normalized spacial score (nSPS) is 11.7. The Kier molecular flexibility index (Phi) is 5.32. The highest BCUT2D eigenvalue weighted by Gasteiger charge is 2.26. The van der Waals surface area contributed by atoms with Crippen LogP contribution in [0.5, 0.6) is 0 Å². The summed E-state index contributed by atoms with van der Waals surface area (Å²) in [5.41, 5.74) is 2.77. The van der Waals surface area contributed by atoms with E-state index in [1.807, 2.05) is 26.8 Å². The average Bonchev–Trinajstić information content (AvgIpc) is 2.57. The number of hydrogen-bond donors (Lipinski definition) is 0. The minimum atomic E-state index is -1.05. The van der Waals surface area contributed by atoms with Gasteiger partial charge >= 0.3 is 5.97 Å². The second-order valence-electron chi connectivity index (χ2n) is 5.94. The molecule has 2 aromatic rings. The monoisotopic (exact) mass is 341 g/mol. The van der Waals surface area contributed by atoms with Gasteiger partial charge < -0.3 is 4.74 Å². The highest BCUT2D eigenvalue weighted by Crippen LogP contribution is 2.21. The Morgan fingerprint density at radius 3 is 2.24 bits per heavy atom. The molecule has 2 aromatic carbocycles. The molecule has 6 nitrogen and oxygen atoms in total. The van der Waals surface area contributed by atoms with Gasteiger partial charge in [-0.3, -0.25) is 14.9 Å². The highest BCUT2D eigenvalue weighted by atomic mass is 16.6. The maximum atomic E-state index is 12.6. The minimum Gasteiger partial charge on any atom is -0.450 e. The largest absolute Gasteiger partial charge is 0.450 e. The summed E-state index contributed by atoms with van der Waals surface area (Å²) in [4.78, 5) is 35.2. The number of nitro groups is 1. The van der Waals surface area contributed by atoms with Crippen LogP contribution in [0.15, 0.2) is 36.4 Å². The number of rotatable bonds is 5. The number of hydrogen-bond acceptors (Lipinski definition) is 5. The Labute approximate surface area is 145 Å². The van der Waals surface area contributed by atoms with Crippen LogP contribution in [-0.2, 0) is 4.74 Å². The summed E-state index contributed by atoms with van der Waals surface area (Å²) in [5.74, 6) is -1.23. The number of ketones is 1. The highest BCUT2D eigenvalue weighted by molar-refractivity contribution is 6.03.